The average molecular weight is 258 g/mol. The van der Waals surface area contributed by atoms with E-state index in [0.717, 1.165) is 29.8 Å². The van der Waals surface area contributed by atoms with E-state index in [1.807, 2.05) is 6.07 Å². The van der Waals surface area contributed by atoms with E-state index in [2.05, 4.69) is 32.9 Å². The Morgan fingerprint density at radius 1 is 1.32 bits per heavy atom. The van der Waals surface area contributed by atoms with E-state index in [4.69, 9.17) is 15.1 Å². The zero-order valence-corrected chi connectivity index (χ0v) is 12.0. The van der Waals surface area contributed by atoms with Crippen molar-refractivity contribution in [2.45, 2.75) is 50.9 Å². The molecule has 0 amide bonds. The van der Waals surface area contributed by atoms with Crippen molar-refractivity contribution in [1.82, 2.24) is 4.98 Å². The highest BCUT2D eigenvalue weighted by atomic mass is 16.3. The molecule has 0 aliphatic heterocycles. The lowest BCUT2D eigenvalue weighted by Crippen LogP contribution is -2.41. The van der Waals surface area contributed by atoms with Crippen LogP contribution in [0.1, 0.15) is 51.5 Å². The summed E-state index contributed by atoms with van der Waals surface area (Å²) in [5.74, 6) is 0.835. The van der Waals surface area contributed by atoms with Crippen molar-refractivity contribution in [1.29, 1.82) is 0 Å². The first-order chi connectivity index (χ1) is 8.94. The van der Waals surface area contributed by atoms with Crippen LogP contribution in [0.15, 0.2) is 22.6 Å². The Balaban J connectivity index is 2.06. The minimum Gasteiger partial charge on any atom is -0.440 e. The van der Waals surface area contributed by atoms with Crippen molar-refractivity contribution in [2.24, 2.45) is 5.73 Å². The Bertz CT molecular complexity index is 597. The third-order valence-corrected chi connectivity index (χ3v) is 4.41. The Morgan fingerprint density at radius 2 is 2.05 bits per heavy atom. The highest BCUT2D eigenvalue weighted by Gasteiger charge is 2.41. The molecule has 0 spiro atoms. The van der Waals surface area contributed by atoms with Crippen molar-refractivity contribution in [3.05, 3.63) is 29.7 Å². The normalized spacial score (nSPS) is 18.5. The predicted octanol–water partition coefficient (Wildman–Crippen LogP) is 3.51. The molecule has 0 bridgehead atoms. The van der Waals surface area contributed by atoms with E-state index < -0.39 is 0 Å². The maximum atomic E-state index is 5.94. The molecule has 3 rings (SSSR count). The summed E-state index contributed by atoms with van der Waals surface area (Å²) in [5.41, 5.74) is 9.18. The van der Waals surface area contributed by atoms with E-state index >= 15 is 0 Å². The monoisotopic (exact) mass is 258 g/mol. The van der Waals surface area contributed by atoms with E-state index in [1.165, 1.54) is 12.0 Å². The van der Waals surface area contributed by atoms with Crippen molar-refractivity contribution >= 4 is 11.1 Å². The fraction of sp³-hybridized carbons (Fsp3) is 0.562. The number of fused-ring (bicyclic) bond motifs is 1. The molecule has 102 valence electrons. The average Bonchev–Trinajstić information content (AvgIpc) is 2.69. The van der Waals surface area contributed by atoms with Crippen LogP contribution in [0.4, 0.5) is 0 Å². The highest BCUT2D eigenvalue weighted by molar-refractivity contribution is 5.74. The Kier molecular flexibility index (Phi) is 2.72. The fourth-order valence-corrected chi connectivity index (χ4v) is 2.73. The second-order valence-corrected chi connectivity index (χ2v) is 6.79. The van der Waals surface area contributed by atoms with Crippen LogP contribution in [0.2, 0.25) is 0 Å². The van der Waals surface area contributed by atoms with Crippen LogP contribution in [0.3, 0.4) is 0 Å². The van der Waals surface area contributed by atoms with Gasteiger partial charge in [0.2, 0.25) is 5.89 Å². The molecule has 1 aliphatic carbocycles. The largest absolute Gasteiger partial charge is 0.440 e. The summed E-state index contributed by atoms with van der Waals surface area (Å²) in [6.07, 6.45) is 3.42. The minimum atomic E-state index is 0.000909. The molecule has 0 atom stereocenters. The lowest BCUT2D eigenvalue weighted by molar-refractivity contribution is 0.203. The van der Waals surface area contributed by atoms with Crippen molar-refractivity contribution in [2.75, 3.05) is 6.54 Å². The van der Waals surface area contributed by atoms with Gasteiger partial charge in [-0.05, 0) is 36.0 Å². The summed E-state index contributed by atoms with van der Waals surface area (Å²) < 4.78 is 5.94. The maximum Gasteiger partial charge on any atom is 0.202 e. The van der Waals surface area contributed by atoms with Gasteiger partial charge in [-0.1, -0.05) is 33.3 Å². The van der Waals surface area contributed by atoms with Crippen LogP contribution in [0, 0.1) is 0 Å². The van der Waals surface area contributed by atoms with E-state index in [1.54, 1.807) is 0 Å². The van der Waals surface area contributed by atoms with E-state index in [0.29, 0.717) is 6.54 Å². The van der Waals surface area contributed by atoms with Gasteiger partial charge in [0.05, 0.1) is 5.41 Å². The van der Waals surface area contributed by atoms with Crippen molar-refractivity contribution in [3.63, 3.8) is 0 Å². The molecular weight excluding hydrogens is 236 g/mol. The zero-order valence-electron chi connectivity index (χ0n) is 12.0. The van der Waals surface area contributed by atoms with Crippen LogP contribution >= 0.6 is 0 Å². The predicted molar refractivity (Wildman–Crippen MR) is 77.3 cm³/mol. The number of hydrogen-bond acceptors (Lipinski definition) is 3. The Hall–Kier alpha value is -1.35. The number of rotatable bonds is 2. The smallest absolute Gasteiger partial charge is 0.202 e. The lowest BCUT2D eigenvalue weighted by Gasteiger charge is -2.37. The number of aromatic nitrogens is 1. The van der Waals surface area contributed by atoms with Crippen LogP contribution in [-0.4, -0.2) is 11.5 Å². The second-order valence-electron chi connectivity index (χ2n) is 6.79. The van der Waals surface area contributed by atoms with Gasteiger partial charge in [-0.3, -0.25) is 0 Å². The molecule has 1 fully saturated rings. The summed E-state index contributed by atoms with van der Waals surface area (Å²) in [7, 11) is 0. The molecule has 1 saturated carbocycles. The number of oxazole rings is 1. The van der Waals surface area contributed by atoms with Crippen LogP contribution in [0.25, 0.3) is 11.1 Å². The number of nitrogens with zero attached hydrogens (tertiary/aromatic N) is 1. The molecule has 0 unspecified atom stereocenters. The van der Waals surface area contributed by atoms with Gasteiger partial charge in [0, 0.05) is 6.54 Å². The molecule has 19 heavy (non-hydrogen) atoms. The van der Waals surface area contributed by atoms with Gasteiger partial charge in [-0.25, -0.2) is 4.98 Å². The molecule has 3 heteroatoms. The van der Waals surface area contributed by atoms with E-state index in [-0.39, 0.29) is 10.8 Å². The van der Waals surface area contributed by atoms with Crippen LogP contribution in [-0.2, 0) is 10.8 Å². The fourth-order valence-electron chi connectivity index (χ4n) is 2.73. The zero-order chi connectivity index (χ0) is 13.7. The molecule has 3 nitrogen and oxygen atoms in total. The summed E-state index contributed by atoms with van der Waals surface area (Å²) in [6.45, 7) is 7.26. The molecule has 1 heterocycles. The van der Waals surface area contributed by atoms with Crippen molar-refractivity contribution in [3.8, 4) is 0 Å². The quantitative estimate of drug-likeness (QED) is 0.896. The van der Waals surface area contributed by atoms with Gasteiger partial charge in [0.15, 0.2) is 5.58 Å². The highest BCUT2D eigenvalue weighted by Crippen LogP contribution is 2.43. The molecule has 1 aliphatic rings. The summed E-state index contributed by atoms with van der Waals surface area (Å²) in [4.78, 5) is 4.71. The Morgan fingerprint density at radius 3 is 2.58 bits per heavy atom. The van der Waals surface area contributed by atoms with Crippen LogP contribution < -0.4 is 5.73 Å². The lowest BCUT2D eigenvalue weighted by atomic mass is 9.69. The van der Waals surface area contributed by atoms with Gasteiger partial charge in [-0.15, -0.1) is 0 Å². The molecule has 0 radical (unpaired) electrons. The van der Waals surface area contributed by atoms with Crippen LogP contribution in [0.5, 0.6) is 0 Å². The van der Waals surface area contributed by atoms with E-state index in [9.17, 15) is 0 Å². The second kappa shape index (κ2) is 4.07. The third-order valence-electron chi connectivity index (χ3n) is 4.41. The minimum absolute atomic E-state index is 0.000909. The first-order valence-electron chi connectivity index (χ1n) is 7.06. The Labute approximate surface area is 114 Å². The van der Waals surface area contributed by atoms with Gasteiger partial charge in [0.1, 0.15) is 5.52 Å². The first-order valence-corrected chi connectivity index (χ1v) is 7.06. The van der Waals surface area contributed by atoms with Gasteiger partial charge >= 0.3 is 0 Å². The molecule has 0 saturated heterocycles. The molecular formula is C16H22N2O. The summed E-state index contributed by atoms with van der Waals surface area (Å²) in [6, 6.07) is 6.31. The molecule has 1 aromatic carbocycles. The van der Waals surface area contributed by atoms with Gasteiger partial charge in [0.25, 0.3) is 0 Å². The van der Waals surface area contributed by atoms with Crippen molar-refractivity contribution < 1.29 is 4.42 Å². The van der Waals surface area contributed by atoms with Gasteiger partial charge in [-0.2, -0.15) is 0 Å². The number of nitrogens with two attached hydrogens (primary N) is 1. The standard InChI is InChI=1S/C16H22N2O/c1-15(2,3)11-5-6-13-12(9-11)18-14(19-13)16(10-17)7-4-8-16/h5-6,9H,4,7-8,10,17H2,1-3H3. The number of hydrogen-bond donors (Lipinski definition) is 1. The molecule has 2 N–H and O–H groups in total. The summed E-state index contributed by atoms with van der Waals surface area (Å²) >= 11 is 0. The molecule has 1 aromatic heterocycles. The van der Waals surface area contributed by atoms with Gasteiger partial charge < -0.3 is 10.2 Å². The SMILES string of the molecule is CC(C)(C)c1ccc2oc(C3(CN)CCC3)nc2c1. The first kappa shape index (κ1) is 12.7. The topological polar surface area (TPSA) is 52.0 Å². The summed E-state index contributed by atoms with van der Waals surface area (Å²) in [5, 5.41) is 0. The number of benzene rings is 1. The molecule has 2 aromatic rings. The third kappa shape index (κ3) is 1.96. The maximum absolute atomic E-state index is 5.94.